The van der Waals surface area contributed by atoms with Crippen molar-refractivity contribution >= 4 is 28.9 Å². The molecule has 3 aromatic rings. The number of anilines is 3. The van der Waals surface area contributed by atoms with E-state index in [1.54, 1.807) is 36.4 Å². The third kappa shape index (κ3) is 5.99. The summed E-state index contributed by atoms with van der Waals surface area (Å²) in [4.78, 5) is 24.2. The Bertz CT molecular complexity index is 920. The summed E-state index contributed by atoms with van der Waals surface area (Å²) in [5.74, 6) is -0.145. The third-order valence-corrected chi connectivity index (χ3v) is 4.28. The maximum atomic E-state index is 12.1. The number of nitrogens with two attached hydrogens (primary N) is 1. The van der Waals surface area contributed by atoms with E-state index in [1.165, 1.54) is 0 Å². The van der Waals surface area contributed by atoms with Gasteiger partial charge >= 0.3 is 0 Å². The van der Waals surface area contributed by atoms with Gasteiger partial charge in [-0.2, -0.15) is 0 Å². The normalized spacial score (nSPS) is 10.3. The molecule has 28 heavy (non-hydrogen) atoms. The first-order valence-electron chi connectivity index (χ1n) is 9.16. The van der Waals surface area contributed by atoms with Gasteiger partial charge in [0.15, 0.2) is 0 Å². The van der Waals surface area contributed by atoms with Crippen molar-refractivity contribution in [2.24, 2.45) is 0 Å². The summed E-state index contributed by atoms with van der Waals surface area (Å²) in [6.45, 7) is 0. The summed E-state index contributed by atoms with van der Waals surface area (Å²) < 4.78 is 0. The standard InChI is InChI=1S/C23H23N3O2/c24-19-9-6-18(7-10-19)16-23(28)26-21-13-11-20(12-14-21)25-22(27)15-8-17-4-2-1-3-5-17/h1-7,9-14H,8,15-16,24H2,(H,25,27)(H,26,28). The van der Waals surface area contributed by atoms with Crippen molar-refractivity contribution in [2.75, 3.05) is 16.4 Å². The van der Waals surface area contributed by atoms with Crippen LogP contribution < -0.4 is 16.4 Å². The molecule has 0 aliphatic carbocycles. The number of amides is 2. The van der Waals surface area contributed by atoms with Crippen LogP contribution in [0, 0.1) is 0 Å². The molecule has 0 aliphatic heterocycles. The van der Waals surface area contributed by atoms with Crippen LogP contribution in [0.15, 0.2) is 78.9 Å². The lowest BCUT2D eigenvalue weighted by molar-refractivity contribution is -0.116. The molecule has 0 fully saturated rings. The Kier molecular flexibility index (Phi) is 6.41. The molecule has 0 bridgehead atoms. The first kappa shape index (κ1) is 19.2. The minimum atomic E-state index is -0.107. The lowest BCUT2D eigenvalue weighted by atomic mass is 10.1. The Balaban J connectivity index is 1.46. The lowest BCUT2D eigenvalue weighted by Crippen LogP contribution is -2.15. The van der Waals surface area contributed by atoms with E-state index in [9.17, 15) is 9.59 Å². The summed E-state index contributed by atoms with van der Waals surface area (Å²) in [6.07, 6.45) is 1.40. The fraction of sp³-hybridized carbons (Fsp3) is 0.130. The highest BCUT2D eigenvalue weighted by atomic mass is 16.2. The zero-order chi connectivity index (χ0) is 19.8. The zero-order valence-electron chi connectivity index (χ0n) is 15.5. The number of carbonyl (C=O) groups excluding carboxylic acids is 2. The maximum Gasteiger partial charge on any atom is 0.228 e. The van der Waals surface area contributed by atoms with Crippen molar-refractivity contribution in [3.05, 3.63) is 90.0 Å². The predicted molar refractivity (Wildman–Crippen MR) is 113 cm³/mol. The van der Waals surface area contributed by atoms with Crippen LogP contribution in [0.25, 0.3) is 0 Å². The fourth-order valence-electron chi connectivity index (χ4n) is 2.79. The van der Waals surface area contributed by atoms with E-state index in [2.05, 4.69) is 10.6 Å². The van der Waals surface area contributed by atoms with E-state index < -0.39 is 0 Å². The molecule has 0 radical (unpaired) electrons. The Morgan fingerprint density at radius 1 is 0.679 bits per heavy atom. The molecule has 0 saturated heterocycles. The molecule has 0 aromatic heterocycles. The third-order valence-electron chi connectivity index (χ3n) is 4.28. The van der Waals surface area contributed by atoms with Gasteiger partial charge in [0.2, 0.25) is 11.8 Å². The molecular weight excluding hydrogens is 350 g/mol. The highest BCUT2D eigenvalue weighted by Gasteiger charge is 2.06. The Morgan fingerprint density at radius 2 is 1.25 bits per heavy atom. The number of carbonyl (C=O) groups is 2. The van der Waals surface area contributed by atoms with Crippen molar-refractivity contribution in [2.45, 2.75) is 19.3 Å². The SMILES string of the molecule is Nc1ccc(CC(=O)Nc2ccc(NC(=O)CCc3ccccc3)cc2)cc1. The molecule has 0 aliphatic rings. The Labute approximate surface area is 164 Å². The van der Waals surface area contributed by atoms with E-state index in [-0.39, 0.29) is 18.2 Å². The van der Waals surface area contributed by atoms with E-state index >= 15 is 0 Å². The molecule has 0 saturated carbocycles. The Hall–Kier alpha value is -3.60. The summed E-state index contributed by atoms with van der Waals surface area (Å²) >= 11 is 0. The van der Waals surface area contributed by atoms with Crippen LogP contribution in [-0.4, -0.2) is 11.8 Å². The van der Waals surface area contributed by atoms with E-state index in [0.717, 1.165) is 11.1 Å². The molecule has 0 heterocycles. The van der Waals surface area contributed by atoms with E-state index in [4.69, 9.17) is 5.73 Å². The molecule has 142 valence electrons. The van der Waals surface area contributed by atoms with E-state index in [0.29, 0.717) is 29.9 Å². The molecular formula is C23H23N3O2. The molecule has 5 heteroatoms. The predicted octanol–water partition coefficient (Wildman–Crippen LogP) is 4.02. The number of nitrogens with one attached hydrogen (secondary N) is 2. The fourth-order valence-corrected chi connectivity index (χ4v) is 2.79. The van der Waals surface area contributed by atoms with Crippen LogP contribution >= 0.6 is 0 Å². The molecule has 0 unspecified atom stereocenters. The average Bonchev–Trinajstić information content (AvgIpc) is 2.70. The zero-order valence-corrected chi connectivity index (χ0v) is 15.5. The molecule has 3 rings (SSSR count). The second kappa shape index (κ2) is 9.37. The van der Waals surface area contributed by atoms with Gasteiger partial charge in [-0.3, -0.25) is 9.59 Å². The average molecular weight is 373 g/mol. The maximum absolute atomic E-state index is 12.1. The number of rotatable bonds is 7. The van der Waals surface area contributed by atoms with Crippen LogP contribution in [-0.2, 0) is 22.4 Å². The van der Waals surface area contributed by atoms with Gasteiger partial charge in [0.05, 0.1) is 6.42 Å². The van der Waals surface area contributed by atoms with Gasteiger partial charge < -0.3 is 16.4 Å². The molecule has 0 spiro atoms. The van der Waals surface area contributed by atoms with Gasteiger partial charge in [-0.1, -0.05) is 42.5 Å². The minimum Gasteiger partial charge on any atom is -0.399 e. The van der Waals surface area contributed by atoms with E-state index in [1.807, 2.05) is 42.5 Å². The highest BCUT2D eigenvalue weighted by molar-refractivity contribution is 5.93. The molecule has 5 nitrogen and oxygen atoms in total. The van der Waals surface area contributed by atoms with Gasteiger partial charge in [-0.15, -0.1) is 0 Å². The second-order valence-corrected chi connectivity index (χ2v) is 6.58. The summed E-state index contributed by atoms with van der Waals surface area (Å²) in [5, 5.41) is 5.72. The lowest BCUT2D eigenvalue weighted by Gasteiger charge is -2.08. The number of aryl methyl sites for hydroxylation is 1. The summed E-state index contributed by atoms with van der Waals surface area (Å²) in [7, 11) is 0. The van der Waals surface area contributed by atoms with Crippen LogP contribution in [0.3, 0.4) is 0 Å². The number of hydrogen-bond donors (Lipinski definition) is 3. The monoisotopic (exact) mass is 373 g/mol. The van der Waals surface area contributed by atoms with Crippen LogP contribution in [0.4, 0.5) is 17.1 Å². The van der Waals surface area contributed by atoms with Crippen molar-refractivity contribution in [1.29, 1.82) is 0 Å². The topological polar surface area (TPSA) is 84.2 Å². The molecule has 0 atom stereocenters. The van der Waals surface area contributed by atoms with Crippen molar-refractivity contribution < 1.29 is 9.59 Å². The molecule has 4 N–H and O–H groups in total. The minimum absolute atomic E-state index is 0.0380. The molecule has 2 amide bonds. The Morgan fingerprint density at radius 3 is 1.86 bits per heavy atom. The molecule has 3 aromatic carbocycles. The smallest absolute Gasteiger partial charge is 0.228 e. The number of nitrogen functional groups attached to an aromatic ring is 1. The summed E-state index contributed by atoms with van der Waals surface area (Å²) in [5.41, 5.74) is 9.74. The number of hydrogen-bond acceptors (Lipinski definition) is 3. The first-order chi connectivity index (χ1) is 13.6. The quantitative estimate of drug-likeness (QED) is 0.547. The van der Waals surface area contributed by atoms with Crippen molar-refractivity contribution in [3.8, 4) is 0 Å². The van der Waals surface area contributed by atoms with Crippen LogP contribution in [0.2, 0.25) is 0 Å². The van der Waals surface area contributed by atoms with Gasteiger partial charge in [0.1, 0.15) is 0 Å². The van der Waals surface area contributed by atoms with Gasteiger partial charge in [-0.05, 0) is 53.9 Å². The van der Waals surface area contributed by atoms with Crippen LogP contribution in [0.1, 0.15) is 17.5 Å². The van der Waals surface area contributed by atoms with Crippen molar-refractivity contribution in [1.82, 2.24) is 0 Å². The largest absolute Gasteiger partial charge is 0.399 e. The first-order valence-corrected chi connectivity index (χ1v) is 9.16. The van der Waals surface area contributed by atoms with Gasteiger partial charge in [0, 0.05) is 23.5 Å². The van der Waals surface area contributed by atoms with Crippen LogP contribution in [0.5, 0.6) is 0 Å². The van der Waals surface area contributed by atoms with Gasteiger partial charge in [0.25, 0.3) is 0 Å². The second-order valence-electron chi connectivity index (χ2n) is 6.58. The van der Waals surface area contributed by atoms with Crippen molar-refractivity contribution in [3.63, 3.8) is 0 Å². The summed E-state index contributed by atoms with van der Waals surface area (Å²) in [6, 6.07) is 24.2. The number of benzene rings is 3. The van der Waals surface area contributed by atoms with Gasteiger partial charge in [-0.25, -0.2) is 0 Å². The highest BCUT2D eigenvalue weighted by Crippen LogP contribution is 2.15.